The summed E-state index contributed by atoms with van der Waals surface area (Å²) in [5.74, 6) is 0.00418. The van der Waals surface area contributed by atoms with Crippen LogP contribution >= 0.6 is 0 Å². The van der Waals surface area contributed by atoms with Crippen LogP contribution in [0.1, 0.15) is 27.4 Å². The molecule has 0 saturated carbocycles. The number of hydrogen-bond donors (Lipinski definition) is 1. The van der Waals surface area contributed by atoms with E-state index in [0.29, 0.717) is 22.6 Å². The molecule has 3 rings (SSSR count). The average molecular weight is 375 g/mol. The summed E-state index contributed by atoms with van der Waals surface area (Å²) in [4.78, 5) is 27.9. The number of ether oxygens (including phenoxy) is 1. The highest BCUT2D eigenvalue weighted by molar-refractivity contribution is 5.94. The molecule has 1 N–H and O–H groups in total. The standard InChI is InChI=1S/C21H17N3O4/c1-15-7-8-17(14-22-15)21(26)24-23-13-16-4-2-5-19(12-16)28-20(25)10-9-18-6-3-11-27-18/h2-14H,1H3,(H,24,26)/b10-9-,23-13+. The van der Waals surface area contributed by atoms with Gasteiger partial charge in [-0.05, 0) is 55.0 Å². The maximum atomic E-state index is 12.0. The number of nitrogens with zero attached hydrogens (tertiary/aromatic N) is 2. The summed E-state index contributed by atoms with van der Waals surface area (Å²) in [5, 5.41) is 3.91. The summed E-state index contributed by atoms with van der Waals surface area (Å²) < 4.78 is 10.3. The summed E-state index contributed by atoms with van der Waals surface area (Å²) >= 11 is 0. The fourth-order valence-electron chi connectivity index (χ4n) is 2.18. The number of furan rings is 1. The first-order chi connectivity index (χ1) is 13.6. The van der Waals surface area contributed by atoms with Crippen LogP contribution in [0.2, 0.25) is 0 Å². The molecular weight excluding hydrogens is 358 g/mol. The molecule has 3 aromatic rings. The van der Waals surface area contributed by atoms with E-state index in [-0.39, 0.29) is 5.91 Å². The zero-order valence-corrected chi connectivity index (χ0v) is 15.0. The molecule has 2 aromatic heterocycles. The van der Waals surface area contributed by atoms with Crippen LogP contribution in [0.4, 0.5) is 0 Å². The number of rotatable bonds is 6. The predicted molar refractivity (Wildman–Crippen MR) is 104 cm³/mol. The highest BCUT2D eigenvalue weighted by Crippen LogP contribution is 2.13. The van der Waals surface area contributed by atoms with Gasteiger partial charge in [-0.25, -0.2) is 10.2 Å². The predicted octanol–water partition coefficient (Wildman–Crippen LogP) is 3.37. The summed E-state index contributed by atoms with van der Waals surface area (Å²) in [6, 6.07) is 13.6. The van der Waals surface area contributed by atoms with Crippen LogP contribution in [-0.2, 0) is 4.79 Å². The summed E-state index contributed by atoms with van der Waals surface area (Å²) in [6.07, 6.45) is 7.24. The lowest BCUT2D eigenvalue weighted by Gasteiger charge is -2.02. The highest BCUT2D eigenvalue weighted by Gasteiger charge is 2.04. The number of benzene rings is 1. The maximum absolute atomic E-state index is 12.0. The van der Waals surface area contributed by atoms with Crippen molar-refractivity contribution in [2.45, 2.75) is 6.92 Å². The number of carbonyl (C=O) groups excluding carboxylic acids is 2. The molecular formula is C21H17N3O4. The van der Waals surface area contributed by atoms with Crippen LogP contribution in [0.5, 0.6) is 5.75 Å². The number of hydrazone groups is 1. The molecule has 0 spiro atoms. The van der Waals surface area contributed by atoms with Gasteiger partial charge >= 0.3 is 5.97 Å². The molecule has 0 unspecified atom stereocenters. The lowest BCUT2D eigenvalue weighted by molar-refractivity contribution is -0.128. The number of pyridine rings is 1. The van der Waals surface area contributed by atoms with Gasteiger partial charge in [-0.2, -0.15) is 5.10 Å². The van der Waals surface area contributed by atoms with Gasteiger partial charge in [0.25, 0.3) is 5.91 Å². The smallest absolute Gasteiger partial charge is 0.336 e. The Hall–Kier alpha value is -4.00. The average Bonchev–Trinajstić information content (AvgIpc) is 3.21. The van der Waals surface area contributed by atoms with Crippen molar-refractivity contribution in [1.82, 2.24) is 10.4 Å². The van der Waals surface area contributed by atoms with E-state index < -0.39 is 5.97 Å². The summed E-state index contributed by atoms with van der Waals surface area (Å²) in [6.45, 7) is 1.84. The van der Waals surface area contributed by atoms with Crippen molar-refractivity contribution >= 4 is 24.2 Å². The van der Waals surface area contributed by atoms with Gasteiger partial charge in [0.1, 0.15) is 11.5 Å². The van der Waals surface area contributed by atoms with Crippen molar-refractivity contribution in [2.24, 2.45) is 5.10 Å². The number of amides is 1. The van der Waals surface area contributed by atoms with Gasteiger partial charge in [-0.15, -0.1) is 0 Å². The van der Waals surface area contributed by atoms with Gasteiger partial charge in [0.15, 0.2) is 0 Å². The van der Waals surface area contributed by atoms with Crippen molar-refractivity contribution in [3.63, 3.8) is 0 Å². The summed E-state index contributed by atoms with van der Waals surface area (Å²) in [7, 11) is 0. The summed E-state index contributed by atoms with van der Waals surface area (Å²) in [5.41, 5.74) is 4.31. The van der Waals surface area contributed by atoms with Crippen molar-refractivity contribution in [3.05, 3.63) is 89.6 Å². The van der Waals surface area contributed by atoms with E-state index in [0.717, 1.165) is 5.69 Å². The molecule has 0 aliphatic rings. The van der Waals surface area contributed by atoms with E-state index in [4.69, 9.17) is 9.15 Å². The number of aromatic nitrogens is 1. The minimum Gasteiger partial charge on any atom is -0.465 e. The fourth-order valence-corrected chi connectivity index (χ4v) is 2.18. The Morgan fingerprint density at radius 1 is 1.18 bits per heavy atom. The third-order valence-corrected chi connectivity index (χ3v) is 3.56. The van der Waals surface area contributed by atoms with Crippen LogP contribution in [0.25, 0.3) is 6.08 Å². The zero-order valence-electron chi connectivity index (χ0n) is 15.0. The molecule has 0 radical (unpaired) electrons. The van der Waals surface area contributed by atoms with E-state index >= 15 is 0 Å². The molecule has 1 aromatic carbocycles. The third-order valence-electron chi connectivity index (χ3n) is 3.56. The normalized spacial score (nSPS) is 11.0. The molecule has 0 fully saturated rings. The first-order valence-corrected chi connectivity index (χ1v) is 8.40. The van der Waals surface area contributed by atoms with Gasteiger partial charge in [0, 0.05) is 18.0 Å². The van der Waals surface area contributed by atoms with Crippen LogP contribution in [-0.4, -0.2) is 23.1 Å². The minimum atomic E-state index is -0.536. The lowest BCUT2D eigenvalue weighted by Crippen LogP contribution is -2.17. The Labute approximate surface area is 161 Å². The quantitative estimate of drug-likeness (QED) is 0.234. The van der Waals surface area contributed by atoms with E-state index in [1.54, 1.807) is 48.5 Å². The number of esters is 1. The number of hydrogen-bond acceptors (Lipinski definition) is 6. The molecule has 140 valence electrons. The maximum Gasteiger partial charge on any atom is 0.336 e. The molecule has 0 aliphatic heterocycles. The Bertz CT molecular complexity index is 1010. The second-order valence-electron chi connectivity index (χ2n) is 5.73. The van der Waals surface area contributed by atoms with E-state index in [1.807, 2.05) is 6.92 Å². The van der Waals surface area contributed by atoms with Gasteiger partial charge in [-0.1, -0.05) is 12.1 Å². The van der Waals surface area contributed by atoms with Gasteiger partial charge < -0.3 is 9.15 Å². The largest absolute Gasteiger partial charge is 0.465 e. The topological polar surface area (TPSA) is 93.8 Å². The Morgan fingerprint density at radius 3 is 2.82 bits per heavy atom. The Morgan fingerprint density at radius 2 is 2.07 bits per heavy atom. The molecule has 0 bridgehead atoms. The molecule has 0 aliphatic carbocycles. The molecule has 1 amide bonds. The number of aryl methyl sites for hydroxylation is 1. The van der Waals surface area contributed by atoms with E-state index in [2.05, 4.69) is 15.5 Å². The molecule has 7 nitrogen and oxygen atoms in total. The van der Waals surface area contributed by atoms with E-state index in [1.165, 1.54) is 30.8 Å². The highest BCUT2D eigenvalue weighted by atomic mass is 16.5. The molecule has 28 heavy (non-hydrogen) atoms. The fraction of sp³-hybridized carbons (Fsp3) is 0.0476. The first-order valence-electron chi connectivity index (χ1n) is 8.40. The SMILES string of the molecule is Cc1ccc(C(=O)N/N=C/c2cccc(OC(=O)/C=C\c3ccco3)c2)cn1. The number of carbonyl (C=O) groups is 2. The van der Waals surface area contributed by atoms with Crippen molar-refractivity contribution in [1.29, 1.82) is 0 Å². The minimum absolute atomic E-state index is 0.354. The molecule has 7 heteroatoms. The van der Waals surface area contributed by atoms with Crippen LogP contribution in [0, 0.1) is 6.92 Å². The lowest BCUT2D eigenvalue weighted by atomic mass is 10.2. The van der Waals surface area contributed by atoms with E-state index in [9.17, 15) is 9.59 Å². The second-order valence-corrected chi connectivity index (χ2v) is 5.73. The van der Waals surface area contributed by atoms with Crippen molar-refractivity contribution in [3.8, 4) is 5.75 Å². The monoisotopic (exact) mass is 375 g/mol. The molecule has 0 atom stereocenters. The third kappa shape index (κ3) is 5.50. The zero-order chi connectivity index (χ0) is 19.8. The molecule has 0 saturated heterocycles. The second kappa shape index (κ2) is 9.09. The van der Waals surface area contributed by atoms with Gasteiger partial charge in [0.05, 0.1) is 18.0 Å². The van der Waals surface area contributed by atoms with Gasteiger partial charge in [-0.3, -0.25) is 9.78 Å². The van der Waals surface area contributed by atoms with Gasteiger partial charge in [0.2, 0.25) is 0 Å². The van der Waals surface area contributed by atoms with Crippen LogP contribution in [0.3, 0.4) is 0 Å². The van der Waals surface area contributed by atoms with Crippen molar-refractivity contribution in [2.75, 3.05) is 0 Å². The van der Waals surface area contributed by atoms with Crippen LogP contribution < -0.4 is 10.2 Å². The Balaban J connectivity index is 1.56. The first kappa shape index (κ1) is 18.8. The van der Waals surface area contributed by atoms with Crippen molar-refractivity contribution < 1.29 is 18.7 Å². The Kier molecular flexibility index (Phi) is 6.10. The number of nitrogens with one attached hydrogen (secondary N) is 1. The molecule has 2 heterocycles. The van der Waals surface area contributed by atoms with Crippen LogP contribution in [0.15, 0.2) is 76.6 Å².